The van der Waals surface area contributed by atoms with E-state index < -0.39 is 14.8 Å². The number of nitrogens with one attached hydrogen (secondary N) is 1. The summed E-state index contributed by atoms with van der Waals surface area (Å²) in [7, 11) is -3.26. The van der Waals surface area contributed by atoms with Crippen molar-refractivity contribution in [1.29, 1.82) is 0 Å². The monoisotopic (exact) mass is 289 g/mol. The zero-order valence-electron chi connectivity index (χ0n) is 13.6. The fraction of sp³-hybridized carbons (Fsp3) is 0.867. The first-order valence-electron chi connectivity index (χ1n) is 7.04. The van der Waals surface area contributed by atoms with Crippen LogP contribution in [0.2, 0.25) is 0 Å². The van der Waals surface area contributed by atoms with E-state index >= 15 is 0 Å². The van der Waals surface area contributed by atoms with Gasteiger partial charge in [0.25, 0.3) is 0 Å². The van der Waals surface area contributed by atoms with Gasteiger partial charge < -0.3 is 0 Å². The van der Waals surface area contributed by atoms with E-state index in [9.17, 15) is 8.42 Å². The average molecular weight is 289 g/mol. The molecule has 0 unspecified atom stereocenters. The lowest BCUT2D eigenvalue weighted by atomic mass is 9.90. The van der Waals surface area contributed by atoms with Crippen molar-refractivity contribution in [2.45, 2.75) is 78.5 Å². The zero-order chi connectivity index (χ0) is 15.3. The molecule has 0 aliphatic heterocycles. The second-order valence-corrected chi connectivity index (χ2v) is 9.87. The van der Waals surface area contributed by atoms with Crippen molar-refractivity contribution < 1.29 is 8.42 Å². The lowest BCUT2D eigenvalue weighted by molar-refractivity contribution is 0.367. The molecule has 0 saturated carbocycles. The lowest BCUT2D eigenvalue weighted by Gasteiger charge is -2.21. The summed E-state index contributed by atoms with van der Waals surface area (Å²) in [5.74, 6) is 0. The molecule has 1 N–H and O–H groups in total. The number of allylic oxidation sites excluding steroid dienone is 1. The molecule has 0 aliphatic carbocycles. The normalized spacial score (nSPS) is 15.9. The largest absolute Gasteiger partial charge is 0.217 e. The van der Waals surface area contributed by atoms with Crippen molar-refractivity contribution in [3.05, 3.63) is 12.2 Å². The SMILES string of the molecule is C[C@@H](/C=C/CCCC(C)(C)C)NS(=O)(=O)C(C)(C)C. The van der Waals surface area contributed by atoms with Gasteiger partial charge in [-0.1, -0.05) is 32.9 Å². The van der Waals surface area contributed by atoms with Gasteiger partial charge in [-0.05, 0) is 52.4 Å². The minimum absolute atomic E-state index is 0.154. The van der Waals surface area contributed by atoms with Gasteiger partial charge in [0.2, 0.25) is 10.0 Å². The van der Waals surface area contributed by atoms with E-state index in [1.165, 1.54) is 6.42 Å². The van der Waals surface area contributed by atoms with Crippen LogP contribution in [0.5, 0.6) is 0 Å². The van der Waals surface area contributed by atoms with Gasteiger partial charge in [0, 0.05) is 6.04 Å². The summed E-state index contributed by atoms with van der Waals surface area (Å²) >= 11 is 0. The summed E-state index contributed by atoms with van der Waals surface area (Å²) in [4.78, 5) is 0. The number of hydrogen-bond acceptors (Lipinski definition) is 2. The second-order valence-electron chi connectivity index (χ2n) is 7.40. The fourth-order valence-electron chi connectivity index (χ4n) is 1.51. The Labute approximate surface area is 119 Å². The van der Waals surface area contributed by atoms with Crippen LogP contribution < -0.4 is 4.72 Å². The Morgan fingerprint density at radius 3 is 2.05 bits per heavy atom. The summed E-state index contributed by atoms with van der Waals surface area (Å²) in [5.41, 5.74) is 0.368. The standard InChI is InChI=1S/C15H31NO2S/c1-13(16-19(17,18)15(5,6)7)11-9-8-10-12-14(2,3)4/h9,11,13,16H,8,10,12H2,1-7H3/b11-9+/t13-/m0/s1. The van der Waals surface area contributed by atoms with E-state index in [-0.39, 0.29) is 6.04 Å². The molecule has 0 amide bonds. The van der Waals surface area contributed by atoms with Gasteiger partial charge in [0.1, 0.15) is 0 Å². The number of unbranched alkanes of at least 4 members (excludes halogenated alkanes) is 1. The molecule has 0 aromatic rings. The van der Waals surface area contributed by atoms with Crippen LogP contribution in [0.4, 0.5) is 0 Å². The Morgan fingerprint density at radius 1 is 1.11 bits per heavy atom. The van der Waals surface area contributed by atoms with Gasteiger partial charge in [-0.2, -0.15) is 0 Å². The van der Waals surface area contributed by atoms with Crippen molar-refractivity contribution >= 4 is 10.0 Å². The molecule has 0 bridgehead atoms. The molecule has 0 radical (unpaired) electrons. The third-order valence-corrected chi connectivity index (χ3v) is 5.16. The summed E-state index contributed by atoms with van der Waals surface area (Å²) in [6.07, 6.45) is 7.32. The first kappa shape index (κ1) is 18.7. The van der Waals surface area contributed by atoms with E-state index in [0.29, 0.717) is 5.41 Å². The van der Waals surface area contributed by atoms with E-state index in [1.54, 1.807) is 20.8 Å². The molecule has 114 valence electrons. The molecule has 0 rings (SSSR count). The molecule has 0 aromatic heterocycles. The second kappa shape index (κ2) is 6.89. The molecule has 0 spiro atoms. The molecule has 0 saturated heterocycles. The van der Waals surface area contributed by atoms with Crippen LogP contribution in [0.25, 0.3) is 0 Å². The van der Waals surface area contributed by atoms with E-state index in [1.807, 2.05) is 13.0 Å². The van der Waals surface area contributed by atoms with Crippen LogP contribution in [-0.2, 0) is 10.0 Å². The minimum atomic E-state index is -3.26. The van der Waals surface area contributed by atoms with Gasteiger partial charge in [-0.25, -0.2) is 13.1 Å². The topological polar surface area (TPSA) is 46.2 Å². The van der Waals surface area contributed by atoms with Gasteiger partial charge in [-0.15, -0.1) is 0 Å². The van der Waals surface area contributed by atoms with Crippen LogP contribution in [0.1, 0.15) is 67.7 Å². The summed E-state index contributed by atoms with van der Waals surface area (Å²) in [6, 6.07) is -0.154. The molecular weight excluding hydrogens is 258 g/mol. The van der Waals surface area contributed by atoms with Crippen LogP contribution >= 0.6 is 0 Å². The Balaban J connectivity index is 4.16. The van der Waals surface area contributed by atoms with E-state index in [2.05, 4.69) is 31.6 Å². The molecule has 0 aliphatic rings. The predicted molar refractivity (Wildman–Crippen MR) is 83.7 cm³/mol. The molecule has 4 heteroatoms. The predicted octanol–water partition coefficient (Wildman–Crippen LogP) is 3.87. The maximum atomic E-state index is 11.9. The molecule has 19 heavy (non-hydrogen) atoms. The van der Waals surface area contributed by atoms with Crippen LogP contribution in [-0.4, -0.2) is 19.2 Å². The maximum absolute atomic E-state index is 11.9. The van der Waals surface area contributed by atoms with Crippen molar-refractivity contribution in [2.24, 2.45) is 5.41 Å². The number of sulfonamides is 1. The first-order chi connectivity index (χ1) is 8.35. The molecule has 1 atom stereocenters. The van der Waals surface area contributed by atoms with Crippen LogP contribution in [0, 0.1) is 5.41 Å². The van der Waals surface area contributed by atoms with Crippen molar-refractivity contribution in [3.63, 3.8) is 0 Å². The molecule has 0 aromatic carbocycles. The molecule has 0 heterocycles. The highest BCUT2D eigenvalue weighted by atomic mass is 32.2. The highest BCUT2D eigenvalue weighted by Gasteiger charge is 2.29. The van der Waals surface area contributed by atoms with Gasteiger partial charge in [0.05, 0.1) is 4.75 Å². The van der Waals surface area contributed by atoms with Gasteiger partial charge >= 0.3 is 0 Å². The van der Waals surface area contributed by atoms with Crippen molar-refractivity contribution in [1.82, 2.24) is 4.72 Å². The number of rotatable bonds is 6. The van der Waals surface area contributed by atoms with E-state index in [0.717, 1.165) is 12.8 Å². The first-order valence-corrected chi connectivity index (χ1v) is 8.52. The summed E-state index contributed by atoms with van der Waals surface area (Å²) in [6.45, 7) is 13.7. The summed E-state index contributed by atoms with van der Waals surface area (Å²) < 4.78 is 25.8. The number of hydrogen-bond donors (Lipinski definition) is 1. The third kappa shape index (κ3) is 8.43. The zero-order valence-corrected chi connectivity index (χ0v) is 14.4. The quantitative estimate of drug-likeness (QED) is 0.596. The smallest absolute Gasteiger partial charge is 0.212 e. The Kier molecular flexibility index (Phi) is 6.76. The maximum Gasteiger partial charge on any atom is 0.217 e. The van der Waals surface area contributed by atoms with E-state index in [4.69, 9.17) is 0 Å². The highest BCUT2D eigenvalue weighted by molar-refractivity contribution is 7.90. The third-order valence-electron chi connectivity index (χ3n) is 2.87. The van der Waals surface area contributed by atoms with Gasteiger partial charge in [0.15, 0.2) is 0 Å². The van der Waals surface area contributed by atoms with Crippen LogP contribution in [0.15, 0.2) is 12.2 Å². The highest BCUT2D eigenvalue weighted by Crippen LogP contribution is 2.21. The molecule has 3 nitrogen and oxygen atoms in total. The summed E-state index contributed by atoms with van der Waals surface area (Å²) in [5, 5.41) is 0. The molecular formula is C15H31NO2S. The van der Waals surface area contributed by atoms with Crippen LogP contribution in [0.3, 0.4) is 0 Å². The van der Waals surface area contributed by atoms with Crippen molar-refractivity contribution in [3.8, 4) is 0 Å². The average Bonchev–Trinajstić information content (AvgIpc) is 2.12. The Hall–Kier alpha value is -0.350. The van der Waals surface area contributed by atoms with Crippen molar-refractivity contribution in [2.75, 3.05) is 0 Å². The van der Waals surface area contributed by atoms with Gasteiger partial charge in [-0.3, -0.25) is 0 Å². The molecule has 0 fully saturated rings. The Morgan fingerprint density at radius 2 is 1.63 bits per heavy atom. The fourth-order valence-corrected chi connectivity index (χ4v) is 2.43. The Bertz CT molecular complexity index is 383. The minimum Gasteiger partial charge on any atom is -0.212 e. The lowest BCUT2D eigenvalue weighted by Crippen LogP contribution is -2.42.